The van der Waals surface area contributed by atoms with Crippen LogP contribution in [0, 0.1) is 0 Å². The number of anilines is 1. The largest absolute Gasteiger partial charge is 0.382 e. The maximum absolute atomic E-state index is 5.43. The number of nitrogens with one attached hydrogen (secondary N) is 1. The molecule has 6 nitrogen and oxygen atoms in total. The van der Waals surface area contributed by atoms with Gasteiger partial charge in [0.05, 0.1) is 0 Å². The molecular formula is C6H8N6. The van der Waals surface area contributed by atoms with Crippen molar-refractivity contribution in [1.82, 2.24) is 25.0 Å². The van der Waals surface area contributed by atoms with Crippen molar-refractivity contribution in [3.63, 3.8) is 0 Å². The number of aromatic amines is 1. The Labute approximate surface area is 68.4 Å². The molecule has 0 radical (unpaired) electrons. The second-order valence-electron chi connectivity index (χ2n) is 2.47. The summed E-state index contributed by atoms with van der Waals surface area (Å²) >= 11 is 0. The smallest absolute Gasteiger partial charge is 0.181 e. The van der Waals surface area contributed by atoms with Crippen LogP contribution in [-0.2, 0) is 7.05 Å². The number of aryl methyl sites for hydroxylation is 1. The lowest BCUT2D eigenvalue weighted by molar-refractivity contribution is 0.910. The van der Waals surface area contributed by atoms with E-state index in [1.807, 2.05) is 7.05 Å². The van der Waals surface area contributed by atoms with Gasteiger partial charge in [-0.25, -0.2) is 0 Å². The third kappa shape index (κ3) is 0.931. The monoisotopic (exact) mass is 164 g/mol. The molecule has 0 spiro atoms. The van der Waals surface area contributed by atoms with E-state index in [-0.39, 0.29) is 0 Å². The molecule has 0 aliphatic carbocycles. The molecule has 0 fully saturated rings. The molecule has 62 valence electrons. The van der Waals surface area contributed by atoms with E-state index in [1.54, 1.807) is 17.0 Å². The SMILES string of the molecule is Cn1cnnc1-c1cc(N)n[nH]1. The predicted octanol–water partition coefficient (Wildman–Crippen LogP) is -0.213. The number of hydrogen-bond donors (Lipinski definition) is 2. The number of aromatic nitrogens is 5. The van der Waals surface area contributed by atoms with E-state index in [0.29, 0.717) is 5.82 Å². The molecule has 2 rings (SSSR count). The summed E-state index contributed by atoms with van der Waals surface area (Å²) in [5.74, 6) is 1.17. The normalized spacial score (nSPS) is 10.4. The average molecular weight is 164 g/mol. The first-order chi connectivity index (χ1) is 5.77. The van der Waals surface area contributed by atoms with Crippen molar-refractivity contribution in [1.29, 1.82) is 0 Å². The molecule has 0 amide bonds. The van der Waals surface area contributed by atoms with Gasteiger partial charge in [-0.2, -0.15) is 5.10 Å². The summed E-state index contributed by atoms with van der Waals surface area (Å²) in [4.78, 5) is 0. The third-order valence-corrected chi connectivity index (χ3v) is 1.55. The van der Waals surface area contributed by atoms with Crippen LogP contribution >= 0.6 is 0 Å². The topological polar surface area (TPSA) is 85.4 Å². The van der Waals surface area contributed by atoms with Crippen molar-refractivity contribution < 1.29 is 0 Å². The summed E-state index contributed by atoms with van der Waals surface area (Å²) in [5.41, 5.74) is 6.21. The molecule has 2 aromatic heterocycles. The molecule has 0 aromatic carbocycles. The lowest BCUT2D eigenvalue weighted by atomic mass is 10.4. The van der Waals surface area contributed by atoms with E-state index in [1.165, 1.54) is 0 Å². The van der Waals surface area contributed by atoms with Crippen LogP contribution < -0.4 is 5.73 Å². The molecule has 0 aliphatic heterocycles. The Kier molecular flexibility index (Phi) is 1.33. The highest BCUT2D eigenvalue weighted by Gasteiger charge is 2.06. The average Bonchev–Trinajstić information content (AvgIpc) is 2.58. The van der Waals surface area contributed by atoms with E-state index < -0.39 is 0 Å². The lowest BCUT2D eigenvalue weighted by Crippen LogP contribution is -1.90. The van der Waals surface area contributed by atoms with E-state index >= 15 is 0 Å². The van der Waals surface area contributed by atoms with E-state index in [9.17, 15) is 0 Å². The second-order valence-corrected chi connectivity index (χ2v) is 2.47. The maximum Gasteiger partial charge on any atom is 0.181 e. The van der Waals surface area contributed by atoms with Gasteiger partial charge in [-0.3, -0.25) is 5.10 Å². The van der Waals surface area contributed by atoms with Crippen molar-refractivity contribution in [3.05, 3.63) is 12.4 Å². The Balaban J connectivity index is 2.50. The Morgan fingerprint density at radius 3 is 2.92 bits per heavy atom. The van der Waals surface area contributed by atoms with E-state index in [2.05, 4.69) is 20.4 Å². The van der Waals surface area contributed by atoms with Crippen molar-refractivity contribution in [2.75, 3.05) is 5.73 Å². The minimum atomic E-state index is 0.452. The zero-order chi connectivity index (χ0) is 8.55. The summed E-state index contributed by atoms with van der Waals surface area (Å²) < 4.78 is 1.78. The first-order valence-corrected chi connectivity index (χ1v) is 3.42. The Bertz CT molecular complexity index is 386. The highest BCUT2D eigenvalue weighted by Crippen LogP contribution is 2.13. The molecule has 0 aliphatic rings. The van der Waals surface area contributed by atoms with Gasteiger partial charge in [0, 0.05) is 13.1 Å². The number of nitrogens with two attached hydrogens (primary N) is 1. The van der Waals surface area contributed by atoms with Gasteiger partial charge < -0.3 is 10.3 Å². The molecule has 6 heteroatoms. The number of nitrogens with zero attached hydrogens (tertiary/aromatic N) is 4. The Morgan fingerprint density at radius 1 is 1.58 bits per heavy atom. The highest BCUT2D eigenvalue weighted by molar-refractivity contribution is 5.53. The van der Waals surface area contributed by atoms with Crippen molar-refractivity contribution >= 4 is 5.82 Å². The maximum atomic E-state index is 5.43. The standard InChI is InChI=1S/C6H8N6/c1-12-3-8-11-6(12)4-2-5(7)10-9-4/h2-3H,1H3,(H3,7,9,10). The number of H-pyrrole nitrogens is 1. The van der Waals surface area contributed by atoms with Crippen LogP contribution in [0.4, 0.5) is 5.82 Å². The number of hydrogen-bond acceptors (Lipinski definition) is 4. The van der Waals surface area contributed by atoms with Crippen LogP contribution in [0.15, 0.2) is 12.4 Å². The van der Waals surface area contributed by atoms with Crippen LogP contribution in [0.5, 0.6) is 0 Å². The van der Waals surface area contributed by atoms with Crippen LogP contribution in [0.25, 0.3) is 11.5 Å². The highest BCUT2D eigenvalue weighted by atomic mass is 15.3. The third-order valence-electron chi connectivity index (χ3n) is 1.55. The van der Waals surface area contributed by atoms with Crippen molar-refractivity contribution in [3.8, 4) is 11.5 Å². The summed E-state index contributed by atoms with van der Waals surface area (Å²) in [5, 5.41) is 14.2. The molecule has 0 unspecified atom stereocenters. The fourth-order valence-corrected chi connectivity index (χ4v) is 0.979. The van der Waals surface area contributed by atoms with Gasteiger partial charge in [0.25, 0.3) is 0 Å². The predicted molar refractivity (Wildman–Crippen MR) is 43.0 cm³/mol. The van der Waals surface area contributed by atoms with Crippen molar-refractivity contribution in [2.45, 2.75) is 0 Å². The lowest BCUT2D eigenvalue weighted by Gasteiger charge is -1.93. The molecule has 2 aromatic rings. The van der Waals surface area contributed by atoms with Gasteiger partial charge >= 0.3 is 0 Å². The van der Waals surface area contributed by atoms with Crippen LogP contribution in [0.1, 0.15) is 0 Å². The van der Waals surface area contributed by atoms with Crippen LogP contribution in [-0.4, -0.2) is 25.0 Å². The Morgan fingerprint density at radius 2 is 2.42 bits per heavy atom. The first kappa shape index (κ1) is 6.84. The second kappa shape index (κ2) is 2.33. The zero-order valence-electron chi connectivity index (χ0n) is 6.52. The Hall–Kier alpha value is -1.85. The molecule has 0 atom stereocenters. The van der Waals surface area contributed by atoms with Crippen LogP contribution in [0.2, 0.25) is 0 Å². The summed E-state index contributed by atoms with van der Waals surface area (Å²) in [6, 6.07) is 1.71. The fraction of sp³-hybridized carbons (Fsp3) is 0.167. The zero-order valence-corrected chi connectivity index (χ0v) is 6.52. The van der Waals surface area contributed by atoms with Crippen molar-refractivity contribution in [2.24, 2.45) is 7.05 Å². The minimum absolute atomic E-state index is 0.452. The van der Waals surface area contributed by atoms with Gasteiger partial charge in [-0.1, -0.05) is 0 Å². The summed E-state index contributed by atoms with van der Waals surface area (Å²) in [6.07, 6.45) is 1.62. The number of rotatable bonds is 1. The van der Waals surface area contributed by atoms with Gasteiger partial charge in [0.2, 0.25) is 0 Å². The summed E-state index contributed by atoms with van der Waals surface area (Å²) in [7, 11) is 1.85. The molecular weight excluding hydrogens is 156 g/mol. The minimum Gasteiger partial charge on any atom is -0.382 e. The van der Waals surface area contributed by atoms with Gasteiger partial charge in [-0.05, 0) is 0 Å². The fourth-order valence-electron chi connectivity index (χ4n) is 0.979. The first-order valence-electron chi connectivity index (χ1n) is 3.42. The molecule has 0 bridgehead atoms. The van der Waals surface area contributed by atoms with Gasteiger partial charge in [-0.15, -0.1) is 10.2 Å². The van der Waals surface area contributed by atoms with Gasteiger partial charge in [0.1, 0.15) is 17.8 Å². The molecule has 2 heterocycles. The molecule has 12 heavy (non-hydrogen) atoms. The number of nitrogen functional groups attached to an aromatic ring is 1. The van der Waals surface area contributed by atoms with E-state index in [0.717, 1.165) is 11.5 Å². The molecule has 3 N–H and O–H groups in total. The van der Waals surface area contributed by atoms with E-state index in [4.69, 9.17) is 5.73 Å². The molecule has 0 saturated carbocycles. The van der Waals surface area contributed by atoms with Gasteiger partial charge in [0.15, 0.2) is 5.82 Å². The quantitative estimate of drug-likeness (QED) is 0.610. The van der Waals surface area contributed by atoms with Crippen LogP contribution in [0.3, 0.4) is 0 Å². The summed E-state index contributed by atoms with van der Waals surface area (Å²) in [6.45, 7) is 0. The molecule has 0 saturated heterocycles.